The quantitative estimate of drug-likeness (QED) is 0.299. The molecule has 142 valence electrons. The molecule has 1 aliphatic rings. The first kappa shape index (κ1) is 22.0. The minimum absolute atomic E-state index is 0. The number of rotatable bonds is 9. The molecule has 0 heterocycles. The molecule has 1 fully saturated rings. The molecule has 1 aliphatic carbocycles. The summed E-state index contributed by atoms with van der Waals surface area (Å²) in [6.07, 6.45) is 3.46. The maximum Gasteiger partial charge on any atom is 0.191 e. The van der Waals surface area contributed by atoms with E-state index in [0.717, 1.165) is 36.3 Å². The second-order valence-corrected chi connectivity index (χ2v) is 6.63. The van der Waals surface area contributed by atoms with Crippen molar-refractivity contribution in [2.75, 3.05) is 19.6 Å². The fourth-order valence-corrected chi connectivity index (χ4v) is 2.47. The molecule has 25 heavy (non-hydrogen) atoms. The van der Waals surface area contributed by atoms with E-state index in [1.807, 2.05) is 45.0 Å². The second-order valence-electron chi connectivity index (χ2n) is 6.63. The van der Waals surface area contributed by atoms with Gasteiger partial charge in [0.05, 0.1) is 18.8 Å². The van der Waals surface area contributed by atoms with Crippen LogP contribution in [0, 0.1) is 5.92 Å². The molecule has 6 heteroatoms. The average Bonchev–Trinajstić information content (AvgIpc) is 3.36. The van der Waals surface area contributed by atoms with Gasteiger partial charge in [-0.1, -0.05) is 25.0 Å². The number of hydrogen-bond acceptors (Lipinski definition) is 3. The van der Waals surface area contributed by atoms with Crippen LogP contribution in [0.4, 0.5) is 0 Å². The van der Waals surface area contributed by atoms with Crippen molar-refractivity contribution in [1.29, 1.82) is 0 Å². The Hall–Kier alpha value is -1.02. The first-order chi connectivity index (χ1) is 11.6. The summed E-state index contributed by atoms with van der Waals surface area (Å²) in [6.45, 7) is 8.12. The predicted octanol–water partition coefficient (Wildman–Crippen LogP) is 3.48. The summed E-state index contributed by atoms with van der Waals surface area (Å²) in [4.78, 5) is 4.49. The van der Waals surface area contributed by atoms with Crippen molar-refractivity contribution in [3.8, 4) is 5.75 Å². The van der Waals surface area contributed by atoms with Gasteiger partial charge in [-0.15, -0.1) is 24.0 Å². The number of guanidine groups is 1. The minimum Gasteiger partial charge on any atom is -0.491 e. The number of halogens is 1. The van der Waals surface area contributed by atoms with E-state index >= 15 is 0 Å². The number of nitrogens with zero attached hydrogens (tertiary/aromatic N) is 1. The van der Waals surface area contributed by atoms with Gasteiger partial charge < -0.3 is 20.5 Å². The normalized spacial score (nSPS) is 15.5. The Morgan fingerprint density at radius 3 is 2.48 bits per heavy atom. The van der Waals surface area contributed by atoms with Crippen LogP contribution in [0.15, 0.2) is 29.3 Å². The van der Waals surface area contributed by atoms with Gasteiger partial charge in [-0.3, -0.25) is 4.99 Å². The van der Waals surface area contributed by atoms with Gasteiger partial charge in [0.15, 0.2) is 5.96 Å². The van der Waals surface area contributed by atoms with Gasteiger partial charge in [-0.25, -0.2) is 0 Å². The van der Waals surface area contributed by atoms with Crippen LogP contribution in [-0.4, -0.2) is 36.8 Å². The van der Waals surface area contributed by atoms with Gasteiger partial charge >= 0.3 is 0 Å². The second kappa shape index (κ2) is 11.6. The molecular weight excluding hydrogens is 429 g/mol. The molecule has 1 saturated carbocycles. The van der Waals surface area contributed by atoms with E-state index in [2.05, 4.69) is 15.6 Å². The minimum atomic E-state index is -0.614. The Bertz CT molecular complexity index is 516. The molecule has 0 spiro atoms. The molecule has 5 nitrogen and oxygen atoms in total. The molecule has 0 amide bonds. The Labute approximate surface area is 168 Å². The highest BCUT2D eigenvalue weighted by molar-refractivity contribution is 14.0. The summed E-state index contributed by atoms with van der Waals surface area (Å²) in [6, 6.07) is 7.57. The summed E-state index contributed by atoms with van der Waals surface area (Å²) >= 11 is 0. The summed E-state index contributed by atoms with van der Waals surface area (Å²) in [5.74, 6) is 2.49. The first-order valence-electron chi connectivity index (χ1n) is 9.05. The van der Waals surface area contributed by atoms with Crippen molar-refractivity contribution in [1.82, 2.24) is 10.6 Å². The molecule has 1 atom stereocenters. The maximum atomic E-state index is 10.3. The van der Waals surface area contributed by atoms with Crippen LogP contribution in [0.2, 0.25) is 0 Å². The Balaban J connectivity index is 0.00000312. The van der Waals surface area contributed by atoms with Gasteiger partial charge in [0.25, 0.3) is 0 Å². The van der Waals surface area contributed by atoms with Crippen molar-refractivity contribution < 1.29 is 9.84 Å². The molecule has 0 saturated heterocycles. The number of aliphatic imine (C=N–C) groups is 1. The van der Waals surface area contributed by atoms with Gasteiger partial charge in [-0.05, 0) is 50.8 Å². The first-order valence-corrected chi connectivity index (χ1v) is 9.05. The zero-order chi connectivity index (χ0) is 17.4. The number of ether oxygens (including phenoxy) is 1. The number of benzene rings is 1. The van der Waals surface area contributed by atoms with Crippen LogP contribution in [0.1, 0.15) is 51.7 Å². The fraction of sp³-hybridized carbons (Fsp3) is 0.632. The summed E-state index contributed by atoms with van der Waals surface area (Å²) in [7, 11) is 0. The molecule has 3 N–H and O–H groups in total. The molecule has 0 aliphatic heterocycles. The SMILES string of the molecule is CCNC(=NCC(O)c1ccc(OC(C)C)cc1)NCCC1CC1.I. The lowest BCUT2D eigenvalue weighted by atomic mass is 10.1. The van der Waals surface area contributed by atoms with E-state index in [-0.39, 0.29) is 30.1 Å². The zero-order valence-corrected chi connectivity index (χ0v) is 17.8. The lowest BCUT2D eigenvalue weighted by Crippen LogP contribution is -2.38. The van der Waals surface area contributed by atoms with E-state index in [9.17, 15) is 5.11 Å². The monoisotopic (exact) mass is 461 g/mol. The average molecular weight is 461 g/mol. The number of nitrogens with one attached hydrogen (secondary N) is 2. The van der Waals surface area contributed by atoms with Crippen LogP contribution in [-0.2, 0) is 0 Å². The van der Waals surface area contributed by atoms with Crippen LogP contribution in [0.25, 0.3) is 0 Å². The van der Waals surface area contributed by atoms with Crippen LogP contribution in [0.3, 0.4) is 0 Å². The number of aliphatic hydroxyl groups excluding tert-OH is 1. The van der Waals surface area contributed by atoms with Crippen LogP contribution < -0.4 is 15.4 Å². The summed E-state index contributed by atoms with van der Waals surface area (Å²) < 4.78 is 5.62. The largest absolute Gasteiger partial charge is 0.491 e. The van der Waals surface area contributed by atoms with E-state index in [4.69, 9.17) is 4.74 Å². The number of hydrogen-bond donors (Lipinski definition) is 3. The van der Waals surface area contributed by atoms with Gasteiger partial charge in [0.1, 0.15) is 5.75 Å². The Kier molecular flexibility index (Phi) is 10.2. The standard InChI is InChI=1S/C19H31N3O2.HI/c1-4-20-19(21-12-11-15-5-6-15)22-13-18(23)16-7-9-17(10-8-16)24-14(2)3;/h7-10,14-15,18,23H,4-6,11-13H2,1-3H3,(H2,20,21,22);1H. The molecule has 1 aromatic rings. The highest BCUT2D eigenvalue weighted by atomic mass is 127. The molecule has 0 radical (unpaired) electrons. The topological polar surface area (TPSA) is 65.9 Å². The van der Waals surface area contributed by atoms with E-state index in [1.54, 1.807) is 0 Å². The van der Waals surface area contributed by atoms with Crippen LogP contribution >= 0.6 is 24.0 Å². The van der Waals surface area contributed by atoms with Gasteiger partial charge in [0.2, 0.25) is 0 Å². The van der Waals surface area contributed by atoms with E-state index in [0.29, 0.717) is 6.54 Å². The molecule has 1 unspecified atom stereocenters. The Morgan fingerprint density at radius 1 is 1.24 bits per heavy atom. The lowest BCUT2D eigenvalue weighted by Gasteiger charge is -2.14. The number of aliphatic hydroxyl groups is 1. The van der Waals surface area contributed by atoms with Crippen LogP contribution in [0.5, 0.6) is 5.75 Å². The molecule has 0 aromatic heterocycles. The van der Waals surface area contributed by atoms with E-state index < -0.39 is 6.10 Å². The zero-order valence-electron chi connectivity index (χ0n) is 15.5. The smallest absolute Gasteiger partial charge is 0.191 e. The third-order valence-corrected chi connectivity index (χ3v) is 3.95. The van der Waals surface area contributed by atoms with Crippen molar-refractivity contribution in [3.05, 3.63) is 29.8 Å². The Morgan fingerprint density at radius 2 is 1.92 bits per heavy atom. The van der Waals surface area contributed by atoms with E-state index in [1.165, 1.54) is 19.3 Å². The highest BCUT2D eigenvalue weighted by Crippen LogP contribution is 2.31. The summed E-state index contributed by atoms with van der Waals surface area (Å²) in [5, 5.41) is 16.9. The van der Waals surface area contributed by atoms with Gasteiger partial charge in [-0.2, -0.15) is 0 Å². The summed E-state index contributed by atoms with van der Waals surface area (Å²) in [5.41, 5.74) is 0.851. The lowest BCUT2D eigenvalue weighted by molar-refractivity contribution is 0.186. The van der Waals surface area contributed by atoms with Crippen molar-refractivity contribution >= 4 is 29.9 Å². The van der Waals surface area contributed by atoms with Crippen molar-refractivity contribution in [3.63, 3.8) is 0 Å². The van der Waals surface area contributed by atoms with Gasteiger partial charge in [0, 0.05) is 13.1 Å². The molecule has 1 aromatic carbocycles. The highest BCUT2D eigenvalue weighted by Gasteiger charge is 2.20. The third-order valence-electron chi connectivity index (χ3n) is 3.95. The predicted molar refractivity (Wildman–Crippen MR) is 114 cm³/mol. The molecule has 2 rings (SSSR count). The third kappa shape index (κ3) is 8.76. The molecular formula is C19H32IN3O2. The van der Waals surface area contributed by atoms with Crippen molar-refractivity contribution in [2.24, 2.45) is 10.9 Å². The molecule has 0 bridgehead atoms. The fourth-order valence-electron chi connectivity index (χ4n) is 2.47. The maximum absolute atomic E-state index is 10.3. The van der Waals surface area contributed by atoms with Crippen molar-refractivity contribution in [2.45, 2.75) is 52.2 Å².